The lowest BCUT2D eigenvalue weighted by atomic mass is 9.96. The summed E-state index contributed by atoms with van der Waals surface area (Å²) in [4.78, 5) is 20.7. The van der Waals surface area contributed by atoms with E-state index in [-0.39, 0.29) is 11.2 Å². The summed E-state index contributed by atoms with van der Waals surface area (Å²) >= 11 is 1.58. The maximum Gasteiger partial charge on any atom is 0.325 e. The number of rotatable bonds is 7. The fourth-order valence-electron chi connectivity index (χ4n) is 2.34. The van der Waals surface area contributed by atoms with E-state index in [9.17, 15) is 4.79 Å². The molecular formula is C15H23N3O2S. The maximum atomic E-state index is 12.1. The number of aryl methyl sites for hydroxylation is 1. The van der Waals surface area contributed by atoms with Crippen LogP contribution in [0.3, 0.4) is 0 Å². The van der Waals surface area contributed by atoms with E-state index in [0.717, 1.165) is 23.6 Å². The molecule has 1 aliphatic carbocycles. The number of hydrogen-bond acceptors (Lipinski definition) is 6. The molecule has 1 N–H and O–H groups in total. The second kappa shape index (κ2) is 6.75. The Labute approximate surface area is 130 Å². The summed E-state index contributed by atoms with van der Waals surface area (Å²) in [5.41, 5.74) is 0.398. The fraction of sp³-hybridized carbons (Fsp3) is 0.667. The first kappa shape index (κ1) is 16.2. The van der Waals surface area contributed by atoms with Crippen molar-refractivity contribution in [1.82, 2.24) is 15.3 Å². The van der Waals surface area contributed by atoms with Gasteiger partial charge in [-0.3, -0.25) is 10.1 Å². The summed E-state index contributed by atoms with van der Waals surface area (Å²) < 4.78 is 4.97. The standard InChI is InChI=1S/C15H23N3O2S/c1-10-8-16-14(17-9-10)21-11(2)7-15(3,13(19)20-4)18-12-5-6-12/h8-9,11-12,18H,5-7H2,1-4H3. The Morgan fingerprint density at radius 3 is 2.67 bits per heavy atom. The highest BCUT2D eigenvalue weighted by Crippen LogP contribution is 2.30. The molecule has 0 spiro atoms. The van der Waals surface area contributed by atoms with Crippen molar-refractivity contribution >= 4 is 17.7 Å². The molecule has 2 unspecified atom stereocenters. The van der Waals surface area contributed by atoms with E-state index in [1.807, 2.05) is 26.2 Å². The van der Waals surface area contributed by atoms with E-state index < -0.39 is 5.54 Å². The van der Waals surface area contributed by atoms with Gasteiger partial charge in [0.05, 0.1) is 7.11 Å². The number of aromatic nitrogens is 2. The predicted octanol–water partition coefficient (Wildman–Crippen LogP) is 2.34. The topological polar surface area (TPSA) is 64.1 Å². The van der Waals surface area contributed by atoms with Crippen LogP contribution in [0.15, 0.2) is 17.6 Å². The quantitative estimate of drug-likeness (QED) is 0.474. The van der Waals surface area contributed by atoms with Gasteiger partial charge in [-0.2, -0.15) is 0 Å². The molecule has 116 valence electrons. The minimum absolute atomic E-state index is 0.202. The number of nitrogens with one attached hydrogen (secondary N) is 1. The van der Waals surface area contributed by atoms with Gasteiger partial charge in [0.15, 0.2) is 5.16 Å². The van der Waals surface area contributed by atoms with Gasteiger partial charge in [0.1, 0.15) is 5.54 Å². The highest BCUT2D eigenvalue weighted by atomic mass is 32.2. The van der Waals surface area contributed by atoms with Crippen LogP contribution in [0.1, 0.15) is 38.7 Å². The zero-order valence-electron chi connectivity index (χ0n) is 13.0. The minimum Gasteiger partial charge on any atom is -0.468 e. The number of carbonyl (C=O) groups excluding carboxylic acids is 1. The third kappa shape index (κ3) is 4.68. The van der Waals surface area contributed by atoms with Gasteiger partial charge in [-0.15, -0.1) is 0 Å². The molecule has 6 heteroatoms. The third-order valence-corrected chi connectivity index (χ3v) is 4.49. The number of hydrogen-bond donors (Lipinski definition) is 1. The summed E-state index contributed by atoms with van der Waals surface area (Å²) in [6.45, 7) is 5.97. The normalized spacial score (nSPS) is 18.9. The minimum atomic E-state index is -0.646. The molecule has 1 heterocycles. The first-order valence-corrected chi connectivity index (χ1v) is 8.12. The largest absolute Gasteiger partial charge is 0.468 e. The second-order valence-electron chi connectivity index (χ2n) is 5.92. The average molecular weight is 309 g/mol. The van der Waals surface area contributed by atoms with Crippen molar-refractivity contribution < 1.29 is 9.53 Å². The van der Waals surface area contributed by atoms with Gasteiger partial charge in [0.2, 0.25) is 0 Å². The van der Waals surface area contributed by atoms with Crippen LogP contribution in [0.25, 0.3) is 0 Å². The van der Waals surface area contributed by atoms with Crippen LogP contribution >= 0.6 is 11.8 Å². The van der Waals surface area contributed by atoms with Gasteiger partial charge in [0, 0.05) is 23.7 Å². The molecule has 1 aliphatic rings. The van der Waals surface area contributed by atoms with E-state index >= 15 is 0 Å². The molecule has 1 fully saturated rings. The zero-order chi connectivity index (χ0) is 15.5. The molecule has 0 aromatic carbocycles. The first-order valence-electron chi connectivity index (χ1n) is 7.24. The maximum absolute atomic E-state index is 12.1. The van der Waals surface area contributed by atoms with Crippen molar-refractivity contribution in [2.45, 2.75) is 62.0 Å². The van der Waals surface area contributed by atoms with Gasteiger partial charge in [-0.05, 0) is 38.7 Å². The fourth-order valence-corrected chi connectivity index (χ4v) is 3.35. The van der Waals surface area contributed by atoms with Gasteiger partial charge in [-0.25, -0.2) is 9.97 Å². The Hall–Kier alpha value is -1.14. The van der Waals surface area contributed by atoms with Gasteiger partial charge >= 0.3 is 5.97 Å². The van der Waals surface area contributed by atoms with Crippen LogP contribution in [-0.4, -0.2) is 39.9 Å². The molecule has 21 heavy (non-hydrogen) atoms. The average Bonchev–Trinajstić information content (AvgIpc) is 3.23. The van der Waals surface area contributed by atoms with E-state index in [1.165, 1.54) is 7.11 Å². The molecule has 2 atom stereocenters. The van der Waals surface area contributed by atoms with Crippen LogP contribution in [0, 0.1) is 6.92 Å². The lowest BCUT2D eigenvalue weighted by molar-refractivity contribution is -0.148. The van der Waals surface area contributed by atoms with Crippen LogP contribution < -0.4 is 5.32 Å². The summed E-state index contributed by atoms with van der Waals surface area (Å²) in [5, 5.41) is 4.37. The molecule has 1 aromatic rings. The Balaban J connectivity index is 1.98. The monoisotopic (exact) mass is 309 g/mol. The number of thioether (sulfide) groups is 1. The Morgan fingerprint density at radius 1 is 1.52 bits per heavy atom. The summed E-state index contributed by atoms with van der Waals surface area (Å²) in [5.74, 6) is -0.202. The number of methoxy groups -OCH3 is 1. The highest BCUT2D eigenvalue weighted by molar-refractivity contribution is 7.99. The SMILES string of the molecule is COC(=O)C(C)(CC(C)Sc1ncc(C)cn1)NC1CC1. The molecule has 1 saturated carbocycles. The van der Waals surface area contributed by atoms with Crippen molar-refractivity contribution in [3.8, 4) is 0 Å². The van der Waals surface area contributed by atoms with E-state index in [4.69, 9.17) is 4.74 Å². The van der Waals surface area contributed by atoms with Crippen molar-refractivity contribution in [1.29, 1.82) is 0 Å². The number of nitrogens with zero attached hydrogens (tertiary/aromatic N) is 2. The Kier molecular flexibility index (Phi) is 5.22. The zero-order valence-corrected chi connectivity index (χ0v) is 13.9. The summed E-state index contributed by atoms with van der Waals surface area (Å²) in [6.07, 6.45) is 6.57. The highest BCUT2D eigenvalue weighted by Gasteiger charge is 2.40. The molecule has 0 bridgehead atoms. The first-order chi connectivity index (χ1) is 9.93. The van der Waals surface area contributed by atoms with Crippen LogP contribution in [0.4, 0.5) is 0 Å². The third-order valence-electron chi connectivity index (χ3n) is 3.50. The smallest absolute Gasteiger partial charge is 0.325 e. The Bertz CT molecular complexity index is 490. The van der Waals surface area contributed by atoms with Crippen molar-refractivity contribution in [2.24, 2.45) is 0 Å². The molecule has 0 aliphatic heterocycles. The molecule has 0 amide bonds. The van der Waals surface area contributed by atoms with Gasteiger partial charge < -0.3 is 4.74 Å². The second-order valence-corrected chi connectivity index (χ2v) is 7.32. The van der Waals surface area contributed by atoms with Crippen LogP contribution in [0.2, 0.25) is 0 Å². The molecule has 5 nitrogen and oxygen atoms in total. The lowest BCUT2D eigenvalue weighted by Crippen LogP contribution is -2.52. The van der Waals surface area contributed by atoms with E-state index in [2.05, 4.69) is 22.2 Å². The van der Waals surface area contributed by atoms with Gasteiger partial charge in [-0.1, -0.05) is 18.7 Å². The molecule has 1 aromatic heterocycles. The van der Waals surface area contributed by atoms with Crippen molar-refractivity contribution in [2.75, 3.05) is 7.11 Å². The predicted molar refractivity (Wildman–Crippen MR) is 83.3 cm³/mol. The van der Waals surface area contributed by atoms with Crippen molar-refractivity contribution in [3.63, 3.8) is 0 Å². The number of carbonyl (C=O) groups is 1. The molecule has 0 saturated heterocycles. The lowest BCUT2D eigenvalue weighted by Gasteiger charge is -2.30. The van der Waals surface area contributed by atoms with Crippen LogP contribution in [0.5, 0.6) is 0 Å². The van der Waals surface area contributed by atoms with E-state index in [1.54, 1.807) is 11.8 Å². The number of ether oxygens (including phenoxy) is 1. The van der Waals surface area contributed by atoms with E-state index in [0.29, 0.717) is 12.5 Å². The Morgan fingerprint density at radius 2 is 2.14 bits per heavy atom. The number of esters is 1. The van der Waals surface area contributed by atoms with Crippen LogP contribution in [-0.2, 0) is 9.53 Å². The summed E-state index contributed by atoms with van der Waals surface area (Å²) in [6, 6.07) is 0.446. The summed E-state index contributed by atoms with van der Waals surface area (Å²) in [7, 11) is 1.44. The van der Waals surface area contributed by atoms with Crippen molar-refractivity contribution in [3.05, 3.63) is 18.0 Å². The molecular weight excluding hydrogens is 286 g/mol. The van der Waals surface area contributed by atoms with Gasteiger partial charge in [0.25, 0.3) is 0 Å². The molecule has 0 radical (unpaired) electrons. The molecule has 2 rings (SSSR count).